The number of carbonyl (C=O) groups excluding carboxylic acids is 2. The first kappa shape index (κ1) is 15.3. The minimum absolute atomic E-state index is 0.106. The number of amides is 2. The van der Waals surface area contributed by atoms with E-state index in [4.69, 9.17) is 0 Å². The molecule has 1 unspecified atom stereocenters. The summed E-state index contributed by atoms with van der Waals surface area (Å²) < 4.78 is 0. The van der Waals surface area contributed by atoms with Crippen LogP contribution in [0.5, 0.6) is 0 Å². The summed E-state index contributed by atoms with van der Waals surface area (Å²) in [4.78, 5) is 26.2. The molecule has 0 radical (unpaired) electrons. The first-order valence-electron chi connectivity index (χ1n) is 7.13. The Bertz CT molecular complexity index is 570. The molecular weight excluding hydrogens is 264 g/mol. The van der Waals surface area contributed by atoms with E-state index in [-0.39, 0.29) is 17.4 Å². The lowest BCUT2D eigenvalue weighted by Gasteiger charge is -2.29. The van der Waals surface area contributed by atoms with Crippen LogP contribution in [0, 0.1) is 0 Å². The molecule has 0 aromatic heterocycles. The second-order valence-electron chi connectivity index (χ2n) is 6.48. The zero-order valence-electron chi connectivity index (χ0n) is 13.0. The van der Waals surface area contributed by atoms with Gasteiger partial charge in [-0.05, 0) is 38.8 Å². The third-order valence-electron chi connectivity index (χ3n) is 3.32. The number of hydrogen-bond donors (Lipinski definition) is 1. The first-order chi connectivity index (χ1) is 9.78. The highest BCUT2D eigenvalue weighted by atomic mass is 16.2. The molecule has 1 aromatic carbocycles. The molecule has 1 aliphatic rings. The van der Waals surface area contributed by atoms with Crippen LogP contribution in [0.3, 0.4) is 0 Å². The van der Waals surface area contributed by atoms with Gasteiger partial charge in [0.2, 0.25) is 11.8 Å². The second-order valence-corrected chi connectivity index (χ2v) is 6.48. The number of hydrogen-bond acceptors (Lipinski definition) is 2. The van der Waals surface area contributed by atoms with Gasteiger partial charge in [-0.25, -0.2) is 0 Å². The van der Waals surface area contributed by atoms with Crippen LogP contribution in [0.2, 0.25) is 0 Å². The van der Waals surface area contributed by atoms with Crippen molar-refractivity contribution in [3.8, 4) is 0 Å². The number of nitrogens with zero attached hydrogens (tertiary/aromatic N) is 1. The minimum atomic E-state index is -0.517. The van der Waals surface area contributed by atoms with Crippen LogP contribution < -0.4 is 5.32 Å². The number of rotatable bonds is 3. The van der Waals surface area contributed by atoms with Crippen molar-refractivity contribution in [2.45, 2.75) is 45.8 Å². The highest BCUT2D eigenvalue weighted by Gasteiger charge is 2.36. The van der Waals surface area contributed by atoms with Crippen molar-refractivity contribution >= 4 is 11.8 Å². The molecule has 0 bridgehead atoms. The summed E-state index contributed by atoms with van der Waals surface area (Å²) in [6.07, 6.45) is 1.55. The van der Waals surface area contributed by atoms with Crippen LogP contribution in [0.15, 0.2) is 42.0 Å². The van der Waals surface area contributed by atoms with Gasteiger partial charge in [0.05, 0.1) is 0 Å². The SMILES string of the molecule is CC1=CC(=O)N(Cc2ccccc2)C1C(=O)NC(C)(C)C. The molecule has 2 amide bonds. The largest absolute Gasteiger partial charge is 0.349 e. The van der Waals surface area contributed by atoms with Crippen LogP contribution in [0.25, 0.3) is 0 Å². The van der Waals surface area contributed by atoms with Gasteiger partial charge in [0, 0.05) is 18.2 Å². The van der Waals surface area contributed by atoms with Gasteiger partial charge in [-0.1, -0.05) is 30.3 Å². The van der Waals surface area contributed by atoms with Crippen LogP contribution in [-0.2, 0) is 16.1 Å². The fourth-order valence-corrected chi connectivity index (χ4v) is 2.47. The fraction of sp³-hybridized carbons (Fsp3) is 0.412. The molecule has 1 aliphatic heterocycles. The Kier molecular flexibility index (Phi) is 4.16. The molecular formula is C17H22N2O2. The van der Waals surface area contributed by atoms with Gasteiger partial charge in [-0.15, -0.1) is 0 Å². The van der Waals surface area contributed by atoms with Crippen molar-refractivity contribution in [1.29, 1.82) is 0 Å². The number of carbonyl (C=O) groups is 2. The molecule has 112 valence electrons. The standard InChI is InChI=1S/C17H22N2O2/c1-12-10-14(20)19(11-13-8-6-5-7-9-13)15(12)16(21)18-17(2,3)4/h5-10,15H,11H2,1-4H3,(H,18,21). The highest BCUT2D eigenvalue weighted by Crippen LogP contribution is 2.22. The predicted molar refractivity (Wildman–Crippen MR) is 82.4 cm³/mol. The Balaban J connectivity index is 2.19. The van der Waals surface area contributed by atoms with Gasteiger partial charge < -0.3 is 10.2 Å². The normalized spacial score (nSPS) is 18.7. The van der Waals surface area contributed by atoms with Crippen molar-refractivity contribution in [3.63, 3.8) is 0 Å². The van der Waals surface area contributed by atoms with E-state index >= 15 is 0 Å². The molecule has 2 rings (SSSR count). The lowest BCUT2D eigenvalue weighted by atomic mass is 10.1. The lowest BCUT2D eigenvalue weighted by Crippen LogP contribution is -2.51. The molecule has 0 aliphatic carbocycles. The van der Waals surface area contributed by atoms with E-state index in [0.29, 0.717) is 6.54 Å². The van der Waals surface area contributed by atoms with Crippen LogP contribution in [-0.4, -0.2) is 28.3 Å². The third-order valence-corrected chi connectivity index (χ3v) is 3.32. The maximum Gasteiger partial charge on any atom is 0.247 e. The molecule has 4 nitrogen and oxygen atoms in total. The molecule has 21 heavy (non-hydrogen) atoms. The Hall–Kier alpha value is -2.10. The van der Waals surface area contributed by atoms with Gasteiger partial charge in [0.1, 0.15) is 6.04 Å². The van der Waals surface area contributed by atoms with Gasteiger partial charge in [0.25, 0.3) is 0 Å². The molecule has 4 heteroatoms. The summed E-state index contributed by atoms with van der Waals surface area (Å²) in [6.45, 7) is 8.07. The molecule has 0 spiro atoms. The van der Waals surface area contributed by atoms with E-state index in [1.165, 1.54) is 0 Å². The van der Waals surface area contributed by atoms with E-state index in [9.17, 15) is 9.59 Å². The molecule has 0 saturated heterocycles. The predicted octanol–water partition coefficient (Wildman–Crippen LogP) is 2.26. The average molecular weight is 286 g/mol. The number of nitrogens with one attached hydrogen (secondary N) is 1. The van der Waals surface area contributed by atoms with Crippen molar-refractivity contribution in [2.75, 3.05) is 0 Å². The molecule has 1 heterocycles. The van der Waals surface area contributed by atoms with Gasteiger partial charge in [-0.3, -0.25) is 9.59 Å². The molecule has 0 saturated carbocycles. The average Bonchev–Trinajstić information content (AvgIpc) is 2.63. The quantitative estimate of drug-likeness (QED) is 0.926. The Labute approximate surface area is 125 Å². The topological polar surface area (TPSA) is 49.4 Å². The Morgan fingerprint density at radius 1 is 1.24 bits per heavy atom. The van der Waals surface area contributed by atoms with Gasteiger partial charge in [0.15, 0.2) is 0 Å². The smallest absolute Gasteiger partial charge is 0.247 e. The van der Waals surface area contributed by atoms with Crippen molar-refractivity contribution in [2.24, 2.45) is 0 Å². The first-order valence-corrected chi connectivity index (χ1v) is 7.13. The maximum absolute atomic E-state index is 12.5. The van der Waals surface area contributed by atoms with E-state index < -0.39 is 6.04 Å². The monoisotopic (exact) mass is 286 g/mol. The van der Waals surface area contributed by atoms with E-state index in [1.54, 1.807) is 11.0 Å². The summed E-state index contributed by atoms with van der Waals surface area (Å²) in [7, 11) is 0. The minimum Gasteiger partial charge on any atom is -0.349 e. The van der Waals surface area contributed by atoms with Gasteiger partial charge >= 0.3 is 0 Å². The van der Waals surface area contributed by atoms with Crippen molar-refractivity contribution < 1.29 is 9.59 Å². The Morgan fingerprint density at radius 2 is 1.86 bits per heavy atom. The summed E-state index contributed by atoms with van der Waals surface area (Å²) in [5, 5.41) is 2.95. The molecule has 1 aromatic rings. The van der Waals surface area contributed by atoms with Crippen LogP contribution >= 0.6 is 0 Å². The van der Waals surface area contributed by atoms with E-state index in [1.807, 2.05) is 58.0 Å². The van der Waals surface area contributed by atoms with Crippen LogP contribution in [0.1, 0.15) is 33.3 Å². The van der Waals surface area contributed by atoms with E-state index in [2.05, 4.69) is 5.32 Å². The zero-order chi connectivity index (χ0) is 15.6. The van der Waals surface area contributed by atoms with Crippen molar-refractivity contribution in [1.82, 2.24) is 10.2 Å². The Morgan fingerprint density at radius 3 is 2.43 bits per heavy atom. The fourth-order valence-electron chi connectivity index (χ4n) is 2.47. The van der Waals surface area contributed by atoms with E-state index in [0.717, 1.165) is 11.1 Å². The third kappa shape index (κ3) is 3.72. The van der Waals surface area contributed by atoms with Crippen molar-refractivity contribution in [3.05, 3.63) is 47.5 Å². The number of benzene rings is 1. The van der Waals surface area contributed by atoms with Gasteiger partial charge in [-0.2, -0.15) is 0 Å². The summed E-state index contributed by atoms with van der Waals surface area (Å²) in [5.74, 6) is -0.233. The second kappa shape index (κ2) is 5.72. The summed E-state index contributed by atoms with van der Waals surface area (Å²) in [5.41, 5.74) is 1.49. The molecule has 1 N–H and O–H groups in total. The summed E-state index contributed by atoms with van der Waals surface area (Å²) in [6, 6.07) is 9.19. The molecule has 1 atom stereocenters. The maximum atomic E-state index is 12.5. The van der Waals surface area contributed by atoms with Crippen LogP contribution in [0.4, 0.5) is 0 Å². The molecule has 0 fully saturated rings. The summed E-state index contributed by atoms with van der Waals surface area (Å²) >= 11 is 0. The highest BCUT2D eigenvalue weighted by molar-refractivity contribution is 6.00. The zero-order valence-corrected chi connectivity index (χ0v) is 13.0. The lowest BCUT2D eigenvalue weighted by molar-refractivity contribution is -0.135.